The Morgan fingerprint density at radius 2 is 2.12 bits per heavy atom. The summed E-state index contributed by atoms with van der Waals surface area (Å²) in [6.07, 6.45) is 1.75. The molecule has 24 heavy (non-hydrogen) atoms. The van der Waals surface area contributed by atoms with Gasteiger partial charge in [-0.05, 0) is 30.4 Å². The first-order valence-corrected chi connectivity index (χ1v) is 9.98. The second-order valence-corrected chi connectivity index (χ2v) is 8.87. The topological polar surface area (TPSA) is 96.8 Å². The van der Waals surface area contributed by atoms with Crippen molar-refractivity contribution in [3.8, 4) is 0 Å². The lowest BCUT2D eigenvalue weighted by Crippen LogP contribution is -2.35. The van der Waals surface area contributed by atoms with E-state index >= 15 is 0 Å². The summed E-state index contributed by atoms with van der Waals surface area (Å²) in [5, 5.41) is 7.34. The van der Waals surface area contributed by atoms with Crippen molar-refractivity contribution < 1.29 is 8.42 Å². The smallest absolute Gasteiger partial charge is 0.279 e. The molecule has 1 aromatic carbocycles. The quantitative estimate of drug-likeness (QED) is 0.735. The lowest BCUT2D eigenvalue weighted by molar-refractivity contribution is 0.494. The van der Waals surface area contributed by atoms with Crippen molar-refractivity contribution >= 4 is 31.4 Å². The Bertz CT molecular complexity index is 1020. The molecular weight excluding hydrogens is 348 g/mol. The minimum atomic E-state index is -3.57. The summed E-state index contributed by atoms with van der Waals surface area (Å²) in [6, 6.07) is 9.10. The minimum absolute atomic E-state index is 0.207. The predicted octanol–water partition coefficient (Wildman–Crippen LogP) is 1.47. The van der Waals surface area contributed by atoms with Gasteiger partial charge in [0.15, 0.2) is 0 Å². The fourth-order valence-electron chi connectivity index (χ4n) is 2.99. The van der Waals surface area contributed by atoms with Crippen molar-refractivity contribution in [2.24, 2.45) is 0 Å². The Kier molecular flexibility index (Phi) is 3.78. The number of rotatable bonds is 3. The fraction of sp³-hybridized carbons (Fsp3) is 0.333. The molecule has 0 saturated carbocycles. The number of H-pyrrole nitrogens is 1. The highest BCUT2D eigenvalue weighted by Gasteiger charge is 2.25. The number of thiophene rings is 1. The molecule has 2 N–H and O–H groups in total. The summed E-state index contributed by atoms with van der Waals surface area (Å²) < 4.78 is 31.0. The van der Waals surface area contributed by atoms with E-state index in [0.29, 0.717) is 35.8 Å². The standard InChI is InChI=1S/C15H16N4O3S2/c20-15-17-16-13-6-5-11(7-8-19(13)15)18-24(21,22)14-9-10-3-1-2-4-12(10)23-14/h1-4,9,11,18H,5-8H2,(H,17,20). The summed E-state index contributed by atoms with van der Waals surface area (Å²) >= 11 is 1.27. The van der Waals surface area contributed by atoms with Gasteiger partial charge in [0, 0.05) is 23.7 Å². The van der Waals surface area contributed by atoms with E-state index in [4.69, 9.17) is 0 Å². The van der Waals surface area contributed by atoms with Crippen molar-refractivity contribution in [1.29, 1.82) is 0 Å². The number of aromatic nitrogens is 3. The summed E-state index contributed by atoms with van der Waals surface area (Å²) in [6.45, 7) is 0.463. The van der Waals surface area contributed by atoms with Gasteiger partial charge in [0.05, 0.1) is 0 Å². The molecule has 126 valence electrons. The van der Waals surface area contributed by atoms with Gasteiger partial charge in [-0.25, -0.2) is 23.0 Å². The molecule has 3 heterocycles. The molecule has 0 spiro atoms. The average Bonchev–Trinajstić information content (AvgIpc) is 3.08. The first-order valence-electron chi connectivity index (χ1n) is 7.68. The van der Waals surface area contributed by atoms with Crippen LogP contribution in [0.3, 0.4) is 0 Å². The van der Waals surface area contributed by atoms with E-state index in [-0.39, 0.29) is 11.7 Å². The zero-order valence-corrected chi connectivity index (χ0v) is 14.4. The average molecular weight is 364 g/mol. The minimum Gasteiger partial charge on any atom is -0.279 e. The van der Waals surface area contributed by atoms with Crippen LogP contribution in [0.5, 0.6) is 0 Å². The number of hydrogen-bond acceptors (Lipinski definition) is 5. The zero-order chi connectivity index (χ0) is 16.7. The van der Waals surface area contributed by atoms with Gasteiger partial charge in [-0.1, -0.05) is 18.2 Å². The largest absolute Gasteiger partial charge is 0.343 e. The highest BCUT2D eigenvalue weighted by atomic mass is 32.2. The molecule has 0 saturated heterocycles. The van der Waals surface area contributed by atoms with E-state index in [1.807, 2.05) is 24.3 Å². The third kappa shape index (κ3) is 2.79. The van der Waals surface area contributed by atoms with Crippen molar-refractivity contribution in [3.63, 3.8) is 0 Å². The summed E-state index contributed by atoms with van der Waals surface area (Å²) in [5.74, 6) is 0.684. The van der Waals surface area contributed by atoms with E-state index in [9.17, 15) is 13.2 Å². The highest BCUT2D eigenvalue weighted by Crippen LogP contribution is 2.29. The van der Waals surface area contributed by atoms with Crippen LogP contribution < -0.4 is 10.4 Å². The number of nitrogens with one attached hydrogen (secondary N) is 2. The number of fused-ring (bicyclic) bond motifs is 2. The first kappa shape index (κ1) is 15.6. The van der Waals surface area contributed by atoms with Gasteiger partial charge in [0.2, 0.25) is 10.0 Å². The van der Waals surface area contributed by atoms with Crippen LogP contribution in [0.2, 0.25) is 0 Å². The summed E-state index contributed by atoms with van der Waals surface area (Å²) in [7, 11) is -3.57. The lowest BCUT2D eigenvalue weighted by atomic mass is 10.1. The molecule has 1 aliphatic rings. The Balaban J connectivity index is 1.55. The Labute approximate surface area is 142 Å². The van der Waals surface area contributed by atoms with Gasteiger partial charge in [-0.3, -0.25) is 4.57 Å². The third-order valence-electron chi connectivity index (χ3n) is 4.24. The van der Waals surface area contributed by atoms with Gasteiger partial charge in [-0.15, -0.1) is 11.3 Å². The molecule has 1 atom stereocenters. The summed E-state index contributed by atoms with van der Waals surface area (Å²) in [5.41, 5.74) is -0.238. The monoisotopic (exact) mass is 364 g/mol. The Hall–Kier alpha value is -1.97. The predicted molar refractivity (Wildman–Crippen MR) is 91.7 cm³/mol. The van der Waals surface area contributed by atoms with Crippen LogP contribution in [-0.4, -0.2) is 29.2 Å². The van der Waals surface area contributed by atoms with Crippen LogP contribution >= 0.6 is 11.3 Å². The van der Waals surface area contributed by atoms with Gasteiger partial charge in [0.25, 0.3) is 0 Å². The maximum atomic E-state index is 12.7. The molecule has 0 amide bonds. The van der Waals surface area contributed by atoms with Gasteiger partial charge < -0.3 is 0 Å². The molecule has 0 radical (unpaired) electrons. The van der Waals surface area contributed by atoms with Gasteiger partial charge in [-0.2, -0.15) is 5.10 Å². The van der Waals surface area contributed by atoms with Crippen molar-refractivity contribution in [1.82, 2.24) is 19.5 Å². The molecule has 0 bridgehead atoms. The second-order valence-electron chi connectivity index (χ2n) is 5.85. The SMILES string of the molecule is O=c1[nH]nc2n1CCC(NS(=O)(=O)c1cc3ccccc3s1)CC2. The van der Waals surface area contributed by atoms with Crippen LogP contribution in [-0.2, 0) is 23.0 Å². The normalized spacial score (nSPS) is 18.4. The van der Waals surface area contributed by atoms with E-state index in [2.05, 4.69) is 14.9 Å². The molecule has 2 aromatic heterocycles. The molecule has 9 heteroatoms. The third-order valence-corrected chi connectivity index (χ3v) is 7.35. The highest BCUT2D eigenvalue weighted by molar-refractivity contribution is 7.91. The molecule has 1 aliphatic heterocycles. The van der Waals surface area contributed by atoms with Crippen LogP contribution in [0, 0.1) is 0 Å². The molecular formula is C15H16N4O3S2. The molecule has 0 fully saturated rings. The molecule has 1 unspecified atom stereocenters. The zero-order valence-electron chi connectivity index (χ0n) is 12.7. The number of sulfonamides is 1. The van der Waals surface area contributed by atoms with E-state index in [1.54, 1.807) is 10.6 Å². The molecule has 0 aliphatic carbocycles. The lowest BCUT2D eigenvalue weighted by Gasteiger charge is -2.15. The number of hydrogen-bond donors (Lipinski definition) is 2. The molecule has 7 nitrogen and oxygen atoms in total. The van der Waals surface area contributed by atoms with Gasteiger partial charge >= 0.3 is 5.69 Å². The van der Waals surface area contributed by atoms with Crippen LogP contribution in [0.1, 0.15) is 18.7 Å². The van der Waals surface area contributed by atoms with Crippen molar-refractivity contribution in [2.45, 2.75) is 36.1 Å². The molecule has 3 aromatic rings. The number of aryl methyl sites for hydroxylation is 1. The number of benzene rings is 1. The maximum absolute atomic E-state index is 12.7. The molecule has 4 rings (SSSR count). The van der Waals surface area contributed by atoms with Gasteiger partial charge in [0.1, 0.15) is 10.0 Å². The van der Waals surface area contributed by atoms with Crippen molar-refractivity contribution in [3.05, 3.63) is 46.6 Å². The van der Waals surface area contributed by atoms with Crippen LogP contribution in [0.25, 0.3) is 10.1 Å². The number of nitrogens with zero attached hydrogens (tertiary/aromatic N) is 2. The van der Waals surface area contributed by atoms with E-state index in [0.717, 1.165) is 10.1 Å². The Morgan fingerprint density at radius 3 is 2.96 bits per heavy atom. The van der Waals surface area contributed by atoms with Crippen LogP contribution in [0.15, 0.2) is 39.3 Å². The number of aromatic amines is 1. The van der Waals surface area contributed by atoms with E-state index < -0.39 is 10.0 Å². The first-order chi connectivity index (χ1) is 11.5. The fourth-order valence-corrected chi connectivity index (χ4v) is 5.71. The maximum Gasteiger partial charge on any atom is 0.343 e. The second kappa shape index (κ2) is 5.83. The van der Waals surface area contributed by atoms with E-state index in [1.165, 1.54) is 11.3 Å². The summed E-state index contributed by atoms with van der Waals surface area (Å²) in [4.78, 5) is 11.6. The van der Waals surface area contributed by atoms with Crippen molar-refractivity contribution in [2.75, 3.05) is 0 Å². The van der Waals surface area contributed by atoms with Crippen LogP contribution in [0.4, 0.5) is 0 Å². The Morgan fingerprint density at radius 1 is 1.29 bits per heavy atom.